The van der Waals surface area contributed by atoms with E-state index in [1.807, 2.05) is 38.8 Å². The molecule has 4 rings (SSSR count). The van der Waals surface area contributed by atoms with E-state index < -0.39 is 5.60 Å². The van der Waals surface area contributed by atoms with Gasteiger partial charge in [-0.05, 0) is 53.8 Å². The Morgan fingerprint density at radius 1 is 1.21 bits per heavy atom. The van der Waals surface area contributed by atoms with Crippen molar-refractivity contribution in [3.63, 3.8) is 0 Å². The fourth-order valence-electron chi connectivity index (χ4n) is 4.00. The Hall–Kier alpha value is -2.81. The summed E-state index contributed by atoms with van der Waals surface area (Å²) in [4.78, 5) is 6.22. The molecule has 2 heterocycles. The second-order valence-corrected chi connectivity index (χ2v) is 7.44. The van der Waals surface area contributed by atoms with Crippen molar-refractivity contribution in [2.24, 2.45) is 0 Å². The van der Waals surface area contributed by atoms with Gasteiger partial charge < -0.3 is 14.2 Å². The number of hydrogen-bond donors (Lipinski definition) is 0. The summed E-state index contributed by atoms with van der Waals surface area (Å²) in [5.41, 5.74) is 4.81. The topological polar surface area (TPSA) is 54.1 Å². The van der Waals surface area contributed by atoms with Gasteiger partial charge >= 0.3 is 0 Å². The third-order valence-corrected chi connectivity index (χ3v) is 5.50. The highest BCUT2D eigenvalue weighted by Crippen LogP contribution is 2.46. The number of rotatable bonds is 6. The molecule has 5 nitrogen and oxygen atoms in total. The zero-order chi connectivity index (χ0) is 19.6. The molecule has 1 unspecified atom stereocenters. The normalized spacial score (nSPS) is 17.3. The van der Waals surface area contributed by atoms with Crippen LogP contribution in [0.3, 0.4) is 0 Å². The Morgan fingerprint density at radius 2 is 2.00 bits per heavy atom. The molecule has 0 amide bonds. The Bertz CT molecular complexity index is 993. The number of ether oxygens (including phenoxy) is 1. The first-order chi connectivity index (χ1) is 13.6. The highest BCUT2D eigenvalue weighted by atomic mass is 35.5. The molecule has 0 aliphatic carbocycles. The van der Waals surface area contributed by atoms with Crippen LogP contribution >= 0.6 is 12.4 Å². The van der Waals surface area contributed by atoms with Gasteiger partial charge in [-0.1, -0.05) is 18.2 Å². The first kappa shape index (κ1) is 20.9. The van der Waals surface area contributed by atoms with Crippen LogP contribution in [0.4, 0.5) is 5.69 Å². The van der Waals surface area contributed by atoms with Crippen LogP contribution in [0.2, 0.25) is 0 Å². The summed E-state index contributed by atoms with van der Waals surface area (Å²) in [5.74, 6) is 0. The van der Waals surface area contributed by atoms with Crippen molar-refractivity contribution in [1.29, 1.82) is 5.26 Å². The molecule has 1 atom stereocenters. The predicted molar refractivity (Wildman–Crippen MR) is 116 cm³/mol. The number of benzene rings is 2. The molecule has 1 aliphatic rings. The lowest BCUT2D eigenvalue weighted by atomic mass is 9.81. The van der Waals surface area contributed by atoms with E-state index in [1.165, 1.54) is 5.56 Å². The van der Waals surface area contributed by atoms with Crippen molar-refractivity contribution in [3.05, 3.63) is 83.4 Å². The third kappa shape index (κ3) is 4.00. The molecule has 0 fully saturated rings. The Balaban J connectivity index is 0.00000240. The molecule has 0 spiro atoms. The van der Waals surface area contributed by atoms with Gasteiger partial charge in [0.1, 0.15) is 5.60 Å². The molecule has 1 aliphatic heterocycles. The van der Waals surface area contributed by atoms with E-state index in [0.717, 1.165) is 36.2 Å². The van der Waals surface area contributed by atoms with Crippen molar-refractivity contribution in [1.82, 2.24) is 9.55 Å². The Kier molecular flexibility index (Phi) is 6.26. The van der Waals surface area contributed by atoms with Crippen molar-refractivity contribution in [2.75, 3.05) is 19.0 Å². The maximum Gasteiger partial charge on any atom is 0.119 e. The summed E-state index contributed by atoms with van der Waals surface area (Å²) in [5, 5.41) is 9.24. The number of nitriles is 1. The summed E-state index contributed by atoms with van der Waals surface area (Å²) in [6.07, 6.45) is 7.47. The number of halogens is 1. The van der Waals surface area contributed by atoms with Crippen molar-refractivity contribution >= 4 is 18.1 Å². The van der Waals surface area contributed by atoms with Crippen LogP contribution in [0.1, 0.15) is 35.1 Å². The molecule has 0 radical (unpaired) electrons. The third-order valence-electron chi connectivity index (χ3n) is 5.50. The minimum absolute atomic E-state index is 0. The Morgan fingerprint density at radius 3 is 2.66 bits per heavy atom. The van der Waals surface area contributed by atoms with Crippen LogP contribution in [0.25, 0.3) is 0 Å². The smallest absolute Gasteiger partial charge is 0.119 e. The summed E-state index contributed by atoms with van der Waals surface area (Å²) in [7, 11) is 4.08. The quantitative estimate of drug-likeness (QED) is 0.602. The second kappa shape index (κ2) is 8.69. The van der Waals surface area contributed by atoms with Crippen LogP contribution in [-0.2, 0) is 23.5 Å². The average Bonchev–Trinajstić information content (AvgIpc) is 3.36. The number of imidazole rings is 1. The minimum Gasteiger partial charge on any atom is -0.378 e. The van der Waals surface area contributed by atoms with Crippen LogP contribution in [-0.4, -0.2) is 23.6 Å². The van der Waals surface area contributed by atoms with Gasteiger partial charge in [0.25, 0.3) is 0 Å². The van der Waals surface area contributed by atoms with Gasteiger partial charge in [0, 0.05) is 38.7 Å². The van der Waals surface area contributed by atoms with Crippen molar-refractivity contribution in [2.45, 2.75) is 31.6 Å². The van der Waals surface area contributed by atoms with Gasteiger partial charge in [0.15, 0.2) is 0 Å². The summed E-state index contributed by atoms with van der Waals surface area (Å²) in [6, 6.07) is 16.8. The van der Waals surface area contributed by atoms with Crippen LogP contribution in [0, 0.1) is 11.3 Å². The SMILES string of the molecule is CN(C)c1ccc(C2(CCCn3ccnc3)OCc3cc(C#N)ccc32)cc1.Cl. The summed E-state index contributed by atoms with van der Waals surface area (Å²) >= 11 is 0. The molecular formula is C23H25ClN4O. The maximum absolute atomic E-state index is 9.24. The largest absolute Gasteiger partial charge is 0.378 e. The number of fused-ring (bicyclic) bond motifs is 1. The van der Waals surface area contributed by atoms with Gasteiger partial charge in [-0.2, -0.15) is 5.26 Å². The number of nitrogens with zero attached hydrogens (tertiary/aromatic N) is 4. The highest BCUT2D eigenvalue weighted by Gasteiger charge is 2.41. The first-order valence-corrected chi connectivity index (χ1v) is 9.53. The number of aryl methyl sites for hydroxylation is 1. The van der Waals surface area contributed by atoms with E-state index in [-0.39, 0.29) is 12.4 Å². The lowest BCUT2D eigenvalue weighted by Gasteiger charge is -2.31. The standard InChI is InChI=1S/C23H24N4O.ClH/c1-26(2)21-7-5-20(6-8-21)23(10-3-12-27-13-11-25-17-27)22-9-4-18(15-24)14-19(22)16-28-23;/h4-9,11,13-14,17H,3,10,12,16H2,1-2H3;1H. The molecular weight excluding hydrogens is 384 g/mol. The molecule has 6 heteroatoms. The van der Waals surface area contributed by atoms with Crippen LogP contribution in [0.5, 0.6) is 0 Å². The van der Waals surface area contributed by atoms with E-state index in [1.54, 1.807) is 6.20 Å². The van der Waals surface area contributed by atoms with Gasteiger partial charge in [-0.3, -0.25) is 0 Å². The highest BCUT2D eigenvalue weighted by molar-refractivity contribution is 5.85. The lowest BCUT2D eigenvalue weighted by molar-refractivity contribution is -0.0137. The van der Waals surface area contributed by atoms with E-state index in [4.69, 9.17) is 4.74 Å². The number of aromatic nitrogens is 2. The van der Waals surface area contributed by atoms with Gasteiger partial charge in [-0.25, -0.2) is 4.98 Å². The van der Waals surface area contributed by atoms with E-state index in [9.17, 15) is 5.26 Å². The molecule has 150 valence electrons. The van der Waals surface area contributed by atoms with Crippen LogP contribution < -0.4 is 4.90 Å². The van der Waals surface area contributed by atoms with Gasteiger partial charge in [-0.15, -0.1) is 12.4 Å². The van der Waals surface area contributed by atoms with Gasteiger partial charge in [0.05, 0.1) is 24.6 Å². The predicted octanol–water partition coefficient (Wildman–Crippen LogP) is 4.50. The molecule has 2 aromatic carbocycles. The molecule has 29 heavy (non-hydrogen) atoms. The fourth-order valence-corrected chi connectivity index (χ4v) is 4.00. The zero-order valence-corrected chi connectivity index (χ0v) is 17.5. The molecule has 1 aromatic heterocycles. The minimum atomic E-state index is -0.477. The summed E-state index contributed by atoms with van der Waals surface area (Å²) < 4.78 is 8.56. The average molecular weight is 409 g/mol. The van der Waals surface area contributed by atoms with Crippen molar-refractivity contribution < 1.29 is 4.74 Å². The molecule has 3 aromatic rings. The zero-order valence-electron chi connectivity index (χ0n) is 16.7. The first-order valence-electron chi connectivity index (χ1n) is 9.53. The van der Waals surface area contributed by atoms with Crippen LogP contribution in [0.15, 0.2) is 61.2 Å². The monoisotopic (exact) mass is 408 g/mol. The van der Waals surface area contributed by atoms with Crippen molar-refractivity contribution in [3.8, 4) is 6.07 Å². The second-order valence-electron chi connectivity index (χ2n) is 7.44. The maximum atomic E-state index is 9.24. The molecule has 0 saturated heterocycles. The molecule has 0 N–H and O–H groups in total. The Labute approximate surface area is 178 Å². The number of hydrogen-bond acceptors (Lipinski definition) is 4. The molecule has 0 saturated carbocycles. The van der Waals surface area contributed by atoms with E-state index in [0.29, 0.717) is 12.2 Å². The van der Waals surface area contributed by atoms with Gasteiger partial charge in [0.2, 0.25) is 0 Å². The molecule has 0 bridgehead atoms. The number of anilines is 1. The van der Waals surface area contributed by atoms with E-state index in [2.05, 4.69) is 50.9 Å². The van der Waals surface area contributed by atoms with E-state index >= 15 is 0 Å². The summed E-state index contributed by atoms with van der Waals surface area (Å²) in [6.45, 7) is 1.43. The lowest BCUT2D eigenvalue weighted by Crippen LogP contribution is -2.27. The fraction of sp³-hybridized carbons (Fsp3) is 0.304.